The Labute approximate surface area is 212 Å². The van der Waals surface area contributed by atoms with Crippen molar-refractivity contribution in [1.82, 2.24) is 24.8 Å². The largest absolute Gasteiger partial charge is 0.356 e. The highest BCUT2D eigenvalue weighted by Gasteiger charge is 2.26. The first-order valence-corrected chi connectivity index (χ1v) is 13.3. The Hall–Kier alpha value is -3.00. The first-order chi connectivity index (χ1) is 17.5. The molecule has 8 heteroatoms. The summed E-state index contributed by atoms with van der Waals surface area (Å²) in [7, 11) is 0. The van der Waals surface area contributed by atoms with Crippen molar-refractivity contribution in [2.24, 2.45) is 11.8 Å². The van der Waals surface area contributed by atoms with E-state index in [2.05, 4.69) is 33.1 Å². The van der Waals surface area contributed by atoms with Gasteiger partial charge in [-0.15, -0.1) is 0 Å². The molecule has 3 aromatic rings. The highest BCUT2D eigenvalue weighted by Crippen LogP contribution is 2.27. The summed E-state index contributed by atoms with van der Waals surface area (Å²) in [6.45, 7) is 10.1. The molecule has 0 radical (unpaired) electrons. The number of hydrogen-bond donors (Lipinski definition) is 1. The van der Waals surface area contributed by atoms with Gasteiger partial charge in [-0.25, -0.2) is 9.37 Å². The molecule has 1 amide bonds. The summed E-state index contributed by atoms with van der Waals surface area (Å²) in [5.74, 6) is 1.76. The van der Waals surface area contributed by atoms with Crippen molar-refractivity contribution < 1.29 is 9.18 Å². The molecule has 0 aliphatic carbocycles. The topological polar surface area (TPSA) is 65.8 Å². The van der Waals surface area contributed by atoms with Gasteiger partial charge in [-0.3, -0.25) is 4.79 Å². The molecule has 2 fully saturated rings. The third-order valence-corrected chi connectivity index (χ3v) is 7.56. The zero-order valence-corrected chi connectivity index (χ0v) is 21.4. The van der Waals surface area contributed by atoms with Crippen LogP contribution in [-0.2, 0) is 4.79 Å². The standard InChI is InChI=1S/C28H37FN6O/c1-20-5-3-13-33(19-20)14-4-12-30-28(36)23-10-15-34(16-11-23)27-17-21(2)31-26-18-25(32-35(26)27)22-6-8-24(29)9-7-22/h6-9,17-18,20,23H,3-5,10-16,19H2,1-2H3,(H,30,36). The van der Waals surface area contributed by atoms with Crippen LogP contribution in [0.5, 0.6) is 0 Å². The van der Waals surface area contributed by atoms with Gasteiger partial charge in [0.2, 0.25) is 5.91 Å². The Kier molecular flexibility index (Phi) is 7.51. The predicted molar refractivity (Wildman–Crippen MR) is 141 cm³/mol. The monoisotopic (exact) mass is 492 g/mol. The number of hydrogen-bond acceptors (Lipinski definition) is 5. The Balaban J connectivity index is 1.17. The summed E-state index contributed by atoms with van der Waals surface area (Å²) < 4.78 is 15.2. The summed E-state index contributed by atoms with van der Waals surface area (Å²) in [5, 5.41) is 7.97. The minimum atomic E-state index is -0.263. The maximum atomic E-state index is 13.4. The number of fused-ring (bicyclic) bond motifs is 1. The SMILES string of the molecule is Cc1cc(N2CCC(C(=O)NCCCN3CCCC(C)C3)CC2)n2nc(-c3ccc(F)cc3)cc2n1. The molecule has 1 N–H and O–H groups in total. The number of rotatable bonds is 7. The quantitative estimate of drug-likeness (QED) is 0.498. The van der Waals surface area contributed by atoms with E-state index in [-0.39, 0.29) is 17.6 Å². The van der Waals surface area contributed by atoms with Crippen molar-refractivity contribution in [2.45, 2.75) is 46.0 Å². The van der Waals surface area contributed by atoms with E-state index in [1.165, 1.54) is 38.1 Å². The predicted octanol–water partition coefficient (Wildman–Crippen LogP) is 4.30. The van der Waals surface area contributed by atoms with Gasteiger partial charge < -0.3 is 15.1 Å². The number of piperidine rings is 2. The summed E-state index contributed by atoms with van der Waals surface area (Å²) in [6.07, 6.45) is 5.30. The van der Waals surface area contributed by atoms with Crippen molar-refractivity contribution in [3.05, 3.63) is 47.9 Å². The third-order valence-electron chi connectivity index (χ3n) is 7.56. The highest BCUT2D eigenvalue weighted by atomic mass is 19.1. The van der Waals surface area contributed by atoms with Gasteiger partial charge >= 0.3 is 0 Å². The second-order valence-electron chi connectivity index (χ2n) is 10.5. The zero-order valence-electron chi connectivity index (χ0n) is 21.4. The van der Waals surface area contributed by atoms with Crippen molar-refractivity contribution >= 4 is 17.4 Å². The number of anilines is 1. The molecule has 2 aromatic heterocycles. The molecule has 2 aliphatic heterocycles. The molecular formula is C28H37FN6O. The number of nitrogens with zero attached hydrogens (tertiary/aromatic N) is 5. The summed E-state index contributed by atoms with van der Waals surface area (Å²) in [6, 6.07) is 10.4. The van der Waals surface area contributed by atoms with Crippen LogP contribution < -0.4 is 10.2 Å². The van der Waals surface area contributed by atoms with Crippen LogP contribution in [0.25, 0.3) is 16.9 Å². The van der Waals surface area contributed by atoms with Crippen LogP contribution in [-0.4, -0.2) is 64.7 Å². The number of likely N-dealkylation sites (tertiary alicyclic amines) is 1. The number of amides is 1. The lowest BCUT2D eigenvalue weighted by Crippen LogP contribution is -2.42. The molecule has 4 heterocycles. The number of carbonyl (C=O) groups excluding carboxylic acids is 1. The molecule has 0 bridgehead atoms. The van der Waals surface area contributed by atoms with Crippen LogP contribution in [0.3, 0.4) is 0 Å². The molecular weight excluding hydrogens is 455 g/mol. The average molecular weight is 493 g/mol. The molecule has 1 aromatic carbocycles. The Morgan fingerprint density at radius 3 is 2.64 bits per heavy atom. The molecule has 192 valence electrons. The minimum Gasteiger partial charge on any atom is -0.356 e. The van der Waals surface area contributed by atoms with Crippen LogP contribution in [0, 0.1) is 24.6 Å². The first kappa shape index (κ1) is 24.7. The van der Waals surface area contributed by atoms with Crippen LogP contribution in [0.1, 0.15) is 44.7 Å². The fourth-order valence-electron chi connectivity index (χ4n) is 5.59. The number of aryl methyl sites for hydroxylation is 1. The highest BCUT2D eigenvalue weighted by molar-refractivity contribution is 5.79. The maximum absolute atomic E-state index is 13.4. The molecule has 0 saturated carbocycles. The Bertz CT molecular complexity index is 1180. The normalized spacial score (nSPS) is 19.6. The van der Waals surface area contributed by atoms with E-state index in [0.29, 0.717) is 0 Å². The number of carbonyl (C=O) groups is 1. The average Bonchev–Trinajstić information content (AvgIpc) is 3.30. The fraction of sp³-hybridized carbons (Fsp3) is 0.536. The molecule has 5 rings (SSSR count). The van der Waals surface area contributed by atoms with Gasteiger partial charge in [0.15, 0.2) is 5.65 Å². The second kappa shape index (κ2) is 10.9. The third kappa shape index (κ3) is 5.69. The molecule has 1 atom stereocenters. The second-order valence-corrected chi connectivity index (χ2v) is 10.5. The Morgan fingerprint density at radius 1 is 1.11 bits per heavy atom. The van der Waals surface area contributed by atoms with E-state index in [0.717, 1.165) is 79.8 Å². The molecule has 7 nitrogen and oxygen atoms in total. The number of halogens is 1. The molecule has 36 heavy (non-hydrogen) atoms. The van der Waals surface area contributed by atoms with Gasteiger partial charge in [0.05, 0.1) is 5.69 Å². The number of aromatic nitrogens is 3. The van der Waals surface area contributed by atoms with Crippen LogP contribution >= 0.6 is 0 Å². The lowest BCUT2D eigenvalue weighted by Gasteiger charge is -2.33. The van der Waals surface area contributed by atoms with E-state index in [1.807, 2.05) is 17.5 Å². The van der Waals surface area contributed by atoms with Crippen molar-refractivity contribution in [3.8, 4) is 11.3 Å². The van der Waals surface area contributed by atoms with Crippen molar-refractivity contribution in [2.75, 3.05) is 44.2 Å². The fourth-order valence-corrected chi connectivity index (χ4v) is 5.59. The van der Waals surface area contributed by atoms with Crippen LogP contribution in [0.2, 0.25) is 0 Å². The van der Waals surface area contributed by atoms with Gasteiger partial charge in [-0.05, 0) is 82.3 Å². The van der Waals surface area contributed by atoms with E-state index >= 15 is 0 Å². The van der Waals surface area contributed by atoms with E-state index in [1.54, 1.807) is 12.1 Å². The summed E-state index contributed by atoms with van der Waals surface area (Å²) >= 11 is 0. The van der Waals surface area contributed by atoms with Crippen molar-refractivity contribution in [1.29, 1.82) is 0 Å². The van der Waals surface area contributed by atoms with Gasteiger partial charge in [0.25, 0.3) is 0 Å². The minimum absolute atomic E-state index is 0.0575. The number of nitrogens with one attached hydrogen (secondary N) is 1. The Morgan fingerprint density at radius 2 is 1.89 bits per heavy atom. The summed E-state index contributed by atoms with van der Waals surface area (Å²) in [5.41, 5.74) is 3.32. The van der Waals surface area contributed by atoms with Crippen LogP contribution in [0.4, 0.5) is 10.2 Å². The number of benzene rings is 1. The van der Waals surface area contributed by atoms with Gasteiger partial charge in [0.1, 0.15) is 11.6 Å². The van der Waals surface area contributed by atoms with E-state index in [9.17, 15) is 9.18 Å². The maximum Gasteiger partial charge on any atom is 0.223 e. The lowest BCUT2D eigenvalue weighted by atomic mass is 9.96. The molecule has 0 spiro atoms. The zero-order chi connectivity index (χ0) is 25.1. The molecule has 2 aliphatic rings. The van der Waals surface area contributed by atoms with E-state index in [4.69, 9.17) is 5.10 Å². The first-order valence-electron chi connectivity index (χ1n) is 13.3. The van der Waals surface area contributed by atoms with Gasteiger partial charge in [-0.1, -0.05) is 6.92 Å². The summed E-state index contributed by atoms with van der Waals surface area (Å²) in [4.78, 5) is 22.3. The van der Waals surface area contributed by atoms with Gasteiger partial charge in [0, 0.05) is 55.5 Å². The molecule has 2 saturated heterocycles. The smallest absolute Gasteiger partial charge is 0.223 e. The van der Waals surface area contributed by atoms with Crippen LogP contribution in [0.15, 0.2) is 36.4 Å². The molecule has 1 unspecified atom stereocenters. The lowest BCUT2D eigenvalue weighted by molar-refractivity contribution is -0.125. The van der Waals surface area contributed by atoms with Gasteiger partial charge in [-0.2, -0.15) is 9.61 Å². The van der Waals surface area contributed by atoms with E-state index < -0.39 is 0 Å². The van der Waals surface area contributed by atoms with Crippen molar-refractivity contribution in [3.63, 3.8) is 0 Å².